The number of hydrogen-bond acceptors (Lipinski definition) is 5. The lowest BCUT2D eigenvalue weighted by molar-refractivity contribution is 0.358. The van der Waals surface area contributed by atoms with E-state index in [-0.39, 0.29) is 0 Å². The lowest BCUT2D eigenvalue weighted by atomic mass is 10.4. The van der Waals surface area contributed by atoms with Crippen molar-refractivity contribution in [3.8, 4) is 23.4 Å². The molecule has 0 bridgehead atoms. The van der Waals surface area contributed by atoms with Crippen LogP contribution in [0.1, 0.15) is 0 Å². The number of hydrogen-bond donors (Lipinski definition) is 0. The van der Waals surface area contributed by atoms with Crippen LogP contribution in [0.25, 0.3) is 17.4 Å². The molecule has 0 atom stereocenters. The van der Waals surface area contributed by atoms with Gasteiger partial charge in [0.05, 0.1) is 13.4 Å². The molecule has 0 aliphatic carbocycles. The van der Waals surface area contributed by atoms with Crippen molar-refractivity contribution in [1.29, 1.82) is 0 Å². The summed E-state index contributed by atoms with van der Waals surface area (Å²) in [6, 6.07) is 4.01. The number of rotatable bonds is 2. The third-order valence-corrected chi connectivity index (χ3v) is 2.19. The first-order valence-electron chi connectivity index (χ1n) is 4.66. The van der Waals surface area contributed by atoms with Gasteiger partial charge in [-0.05, 0) is 6.07 Å². The van der Waals surface area contributed by atoms with Gasteiger partial charge >= 0.3 is 6.01 Å². The van der Waals surface area contributed by atoms with Crippen LogP contribution in [-0.2, 0) is 0 Å². The Balaban J connectivity index is 2.26. The molecule has 16 heavy (non-hydrogen) atoms. The maximum absolute atomic E-state index is 5.28. The molecule has 0 unspecified atom stereocenters. The molecule has 0 amide bonds. The first-order chi connectivity index (χ1) is 7.88. The van der Waals surface area contributed by atoms with Gasteiger partial charge in [0.25, 0.3) is 0 Å². The zero-order valence-electron chi connectivity index (χ0n) is 8.49. The molecule has 6 heteroatoms. The molecule has 0 saturated carbocycles. The summed E-state index contributed by atoms with van der Waals surface area (Å²) in [5, 5.41) is 0. The van der Waals surface area contributed by atoms with Gasteiger partial charge in [-0.1, -0.05) is 0 Å². The average molecular weight is 216 g/mol. The van der Waals surface area contributed by atoms with Crippen LogP contribution in [0, 0.1) is 0 Å². The van der Waals surface area contributed by atoms with Crippen molar-refractivity contribution < 1.29 is 9.15 Å². The molecule has 2 aliphatic rings. The van der Waals surface area contributed by atoms with Crippen molar-refractivity contribution in [1.82, 2.24) is 19.5 Å². The normalized spacial score (nSPS) is 10.8. The standard InChI is InChI=1S/C10H8N4O2/c1-15-10-13-9-7(11-6-12-9)5-14(10)8-3-2-4-16-8/h2-6H,1H3. The predicted octanol–water partition coefficient (Wildman–Crippen LogP) is 1.37. The van der Waals surface area contributed by atoms with Crippen molar-refractivity contribution in [2.45, 2.75) is 0 Å². The minimum Gasteiger partial charge on any atom is -0.468 e. The summed E-state index contributed by atoms with van der Waals surface area (Å²) in [6.07, 6.45) is 4.82. The van der Waals surface area contributed by atoms with E-state index in [9.17, 15) is 0 Å². The highest BCUT2D eigenvalue weighted by molar-refractivity contribution is 5.50. The second-order valence-corrected chi connectivity index (χ2v) is 3.13. The van der Waals surface area contributed by atoms with Crippen LogP contribution in [-0.4, -0.2) is 26.6 Å². The van der Waals surface area contributed by atoms with Gasteiger partial charge in [0.2, 0.25) is 5.88 Å². The van der Waals surface area contributed by atoms with E-state index in [1.165, 1.54) is 6.33 Å². The Hall–Kier alpha value is -2.37. The van der Waals surface area contributed by atoms with Crippen LogP contribution < -0.4 is 4.74 Å². The molecule has 0 aromatic carbocycles. The van der Waals surface area contributed by atoms with Crippen molar-refractivity contribution in [2.75, 3.05) is 7.11 Å². The molecule has 3 rings (SSSR count). The summed E-state index contributed by atoms with van der Waals surface area (Å²) in [6.45, 7) is 0. The fraction of sp³-hybridized carbons (Fsp3) is 0.100. The highest BCUT2D eigenvalue weighted by Gasteiger charge is 2.15. The Morgan fingerprint density at radius 2 is 2.31 bits per heavy atom. The van der Waals surface area contributed by atoms with E-state index in [1.807, 2.05) is 6.07 Å². The van der Waals surface area contributed by atoms with Gasteiger partial charge in [-0.15, -0.1) is 0 Å². The van der Waals surface area contributed by atoms with E-state index in [2.05, 4.69) is 15.0 Å². The van der Waals surface area contributed by atoms with Crippen LogP contribution in [0.15, 0.2) is 35.3 Å². The number of aromatic nitrogens is 4. The maximum Gasteiger partial charge on any atom is 0.305 e. The number of methoxy groups -OCH3 is 1. The van der Waals surface area contributed by atoms with Gasteiger partial charge < -0.3 is 9.15 Å². The van der Waals surface area contributed by atoms with E-state index < -0.39 is 0 Å². The number of fused-ring (bicyclic) bond motifs is 1. The van der Waals surface area contributed by atoms with Crippen molar-refractivity contribution >= 4 is 0 Å². The molecule has 1 aromatic rings. The van der Waals surface area contributed by atoms with Crippen molar-refractivity contribution in [3.05, 3.63) is 30.9 Å². The molecule has 2 aliphatic heterocycles. The SMILES string of the molecule is COc1nc2ncnc-2cn1-c1ccco1. The fourth-order valence-electron chi connectivity index (χ4n) is 1.48. The molecule has 0 spiro atoms. The van der Waals surface area contributed by atoms with Gasteiger partial charge in [-0.25, -0.2) is 14.5 Å². The highest BCUT2D eigenvalue weighted by Crippen LogP contribution is 2.22. The molecule has 0 radical (unpaired) electrons. The average Bonchev–Trinajstić information content (AvgIpc) is 2.97. The van der Waals surface area contributed by atoms with E-state index in [0.717, 1.165) is 0 Å². The van der Waals surface area contributed by atoms with Gasteiger partial charge in [0, 0.05) is 12.3 Å². The minimum atomic E-state index is 0.406. The monoisotopic (exact) mass is 216 g/mol. The van der Waals surface area contributed by atoms with E-state index >= 15 is 0 Å². The second kappa shape index (κ2) is 3.34. The lowest BCUT2D eigenvalue weighted by Gasteiger charge is -2.09. The lowest BCUT2D eigenvalue weighted by Crippen LogP contribution is -2.04. The van der Waals surface area contributed by atoms with Gasteiger partial charge in [-0.3, -0.25) is 0 Å². The Morgan fingerprint density at radius 1 is 1.38 bits per heavy atom. The highest BCUT2D eigenvalue weighted by atomic mass is 16.5. The third-order valence-electron chi connectivity index (χ3n) is 2.19. The van der Waals surface area contributed by atoms with E-state index in [1.54, 1.807) is 30.2 Å². The van der Waals surface area contributed by atoms with E-state index in [4.69, 9.17) is 9.15 Å². The fourth-order valence-corrected chi connectivity index (χ4v) is 1.48. The van der Waals surface area contributed by atoms with E-state index in [0.29, 0.717) is 23.4 Å². The summed E-state index contributed by atoms with van der Waals surface area (Å²) >= 11 is 0. The third kappa shape index (κ3) is 1.23. The number of nitrogens with zero attached hydrogens (tertiary/aromatic N) is 4. The molecule has 0 N–H and O–H groups in total. The van der Waals surface area contributed by atoms with Crippen LogP contribution in [0.2, 0.25) is 0 Å². The van der Waals surface area contributed by atoms with Gasteiger partial charge in [-0.2, -0.15) is 4.98 Å². The molecule has 1 aromatic heterocycles. The van der Waals surface area contributed by atoms with Crippen LogP contribution in [0.5, 0.6) is 6.01 Å². The molecule has 6 nitrogen and oxygen atoms in total. The van der Waals surface area contributed by atoms with Crippen LogP contribution in [0.4, 0.5) is 0 Å². The van der Waals surface area contributed by atoms with Crippen LogP contribution >= 0.6 is 0 Å². The maximum atomic E-state index is 5.28. The Labute approximate surface area is 90.9 Å². The first kappa shape index (κ1) is 8.90. The topological polar surface area (TPSA) is 66.0 Å². The Kier molecular flexibility index (Phi) is 1.86. The Bertz CT molecular complexity index is 573. The molecule has 3 heterocycles. The smallest absolute Gasteiger partial charge is 0.305 e. The summed E-state index contributed by atoms with van der Waals surface area (Å²) in [5.74, 6) is 1.17. The quantitative estimate of drug-likeness (QED) is 0.647. The van der Waals surface area contributed by atoms with Gasteiger partial charge in [0.15, 0.2) is 5.82 Å². The predicted molar refractivity (Wildman–Crippen MR) is 54.6 cm³/mol. The zero-order valence-corrected chi connectivity index (χ0v) is 8.49. The molecule has 0 saturated heterocycles. The second-order valence-electron chi connectivity index (χ2n) is 3.13. The summed E-state index contributed by atoms with van der Waals surface area (Å²) in [7, 11) is 1.55. The zero-order chi connectivity index (χ0) is 11.0. The largest absolute Gasteiger partial charge is 0.468 e. The molecular formula is C10H8N4O2. The number of ether oxygens (including phenoxy) is 1. The number of furan rings is 1. The summed E-state index contributed by atoms with van der Waals surface area (Å²) in [5.41, 5.74) is 0.692. The van der Waals surface area contributed by atoms with Gasteiger partial charge in [0.1, 0.15) is 12.0 Å². The minimum absolute atomic E-state index is 0.406. The molecule has 80 valence electrons. The first-order valence-corrected chi connectivity index (χ1v) is 4.66. The van der Waals surface area contributed by atoms with Crippen molar-refractivity contribution in [2.24, 2.45) is 0 Å². The van der Waals surface area contributed by atoms with Crippen molar-refractivity contribution in [3.63, 3.8) is 0 Å². The molecular weight excluding hydrogens is 208 g/mol. The van der Waals surface area contributed by atoms with Crippen LogP contribution in [0.3, 0.4) is 0 Å². The summed E-state index contributed by atoms with van der Waals surface area (Å²) < 4.78 is 12.1. The molecule has 0 fully saturated rings. The Morgan fingerprint density at radius 3 is 3.06 bits per heavy atom. The summed E-state index contributed by atoms with van der Waals surface area (Å²) in [4.78, 5) is 12.3. The number of imidazole rings is 1.